The first-order valence-corrected chi connectivity index (χ1v) is 10.2. The number of aromatic nitrogens is 1. The molecule has 1 aliphatic rings. The fourth-order valence-electron chi connectivity index (χ4n) is 3.25. The zero-order valence-electron chi connectivity index (χ0n) is 15.4. The monoisotopic (exact) mass is 386 g/mol. The summed E-state index contributed by atoms with van der Waals surface area (Å²) in [4.78, 5) is 14.5. The van der Waals surface area contributed by atoms with E-state index in [9.17, 15) is 13.2 Å². The van der Waals surface area contributed by atoms with Crippen LogP contribution in [0.3, 0.4) is 0 Å². The Morgan fingerprint density at radius 1 is 1.26 bits per heavy atom. The highest BCUT2D eigenvalue weighted by Gasteiger charge is 2.30. The van der Waals surface area contributed by atoms with Gasteiger partial charge in [-0.3, -0.25) is 4.79 Å². The molecule has 1 aromatic carbocycles. The Kier molecular flexibility index (Phi) is 5.35. The molecule has 1 aliphatic heterocycles. The van der Waals surface area contributed by atoms with Crippen molar-refractivity contribution >= 4 is 15.9 Å². The molecule has 0 spiro atoms. The number of aryl methyl sites for hydroxylation is 1. The van der Waals surface area contributed by atoms with Gasteiger partial charge in [-0.15, -0.1) is 0 Å². The highest BCUT2D eigenvalue weighted by molar-refractivity contribution is 7.89. The summed E-state index contributed by atoms with van der Waals surface area (Å²) in [7, 11) is -0.239. The van der Waals surface area contributed by atoms with Gasteiger partial charge in [-0.1, -0.05) is 12.1 Å². The van der Waals surface area contributed by atoms with Crippen molar-refractivity contribution in [2.75, 3.05) is 20.1 Å². The largest absolute Gasteiger partial charge is 0.345 e. The van der Waals surface area contributed by atoms with E-state index in [1.54, 1.807) is 36.9 Å². The van der Waals surface area contributed by atoms with Gasteiger partial charge in [-0.05, 0) is 36.6 Å². The highest BCUT2D eigenvalue weighted by atomic mass is 32.2. The lowest BCUT2D eigenvalue weighted by Crippen LogP contribution is -2.28. The van der Waals surface area contributed by atoms with Crippen LogP contribution in [-0.4, -0.2) is 48.2 Å². The number of rotatable bonds is 5. The first-order valence-electron chi connectivity index (χ1n) is 8.74. The Balaban J connectivity index is 1.80. The highest BCUT2D eigenvalue weighted by Crippen LogP contribution is 2.23. The molecular weight excluding hydrogens is 364 g/mol. The lowest BCUT2D eigenvalue weighted by molar-refractivity contribution is 0.0775. The zero-order chi connectivity index (χ0) is 19.6. The minimum absolute atomic E-state index is 0.148. The number of sulfonamides is 1. The van der Waals surface area contributed by atoms with E-state index in [4.69, 9.17) is 5.26 Å². The number of carbonyl (C=O) groups is 1. The molecule has 2 aromatic rings. The molecule has 8 heteroatoms. The van der Waals surface area contributed by atoms with Gasteiger partial charge in [0.05, 0.1) is 11.6 Å². The van der Waals surface area contributed by atoms with Crippen molar-refractivity contribution in [3.63, 3.8) is 0 Å². The Bertz CT molecular complexity index is 998. The van der Waals surface area contributed by atoms with Crippen molar-refractivity contribution in [2.45, 2.75) is 24.3 Å². The molecule has 0 N–H and O–H groups in total. The average Bonchev–Trinajstić information content (AvgIpc) is 3.31. The summed E-state index contributed by atoms with van der Waals surface area (Å²) in [5.41, 5.74) is 1.68. The summed E-state index contributed by atoms with van der Waals surface area (Å²) >= 11 is 0. The SMILES string of the molecule is CN(Cc1cccc(C#N)c1)C(=O)c1cc(S(=O)(=O)N2CCCC2)cn1C. The first kappa shape index (κ1) is 19.1. The summed E-state index contributed by atoms with van der Waals surface area (Å²) in [6.45, 7) is 1.37. The number of hydrogen-bond acceptors (Lipinski definition) is 4. The number of hydrogen-bond donors (Lipinski definition) is 0. The van der Waals surface area contributed by atoms with Crippen LogP contribution in [0.2, 0.25) is 0 Å². The second-order valence-corrected chi connectivity index (χ2v) is 8.69. The van der Waals surface area contributed by atoms with Gasteiger partial charge in [0, 0.05) is 39.9 Å². The van der Waals surface area contributed by atoms with E-state index in [1.807, 2.05) is 6.07 Å². The summed E-state index contributed by atoms with van der Waals surface area (Å²) in [5, 5.41) is 8.99. The van der Waals surface area contributed by atoms with Gasteiger partial charge in [0.25, 0.3) is 5.91 Å². The van der Waals surface area contributed by atoms with Gasteiger partial charge in [-0.2, -0.15) is 9.57 Å². The molecule has 0 aliphatic carbocycles. The van der Waals surface area contributed by atoms with E-state index in [1.165, 1.54) is 21.5 Å². The van der Waals surface area contributed by atoms with Gasteiger partial charge in [0.1, 0.15) is 10.6 Å². The number of nitriles is 1. The predicted molar refractivity (Wildman–Crippen MR) is 100 cm³/mol. The van der Waals surface area contributed by atoms with E-state index in [2.05, 4.69) is 6.07 Å². The van der Waals surface area contributed by atoms with Crippen LogP contribution in [0.15, 0.2) is 41.4 Å². The molecule has 0 unspecified atom stereocenters. The van der Waals surface area contributed by atoms with Crippen molar-refractivity contribution in [1.82, 2.24) is 13.8 Å². The Morgan fingerprint density at radius 2 is 1.96 bits per heavy atom. The van der Waals surface area contributed by atoms with Crippen LogP contribution in [0.25, 0.3) is 0 Å². The first-order chi connectivity index (χ1) is 12.8. The lowest BCUT2D eigenvalue weighted by Gasteiger charge is -2.17. The van der Waals surface area contributed by atoms with E-state index in [0.717, 1.165) is 18.4 Å². The fraction of sp³-hybridized carbons (Fsp3) is 0.368. The van der Waals surface area contributed by atoms with Crippen LogP contribution in [0.5, 0.6) is 0 Å². The molecule has 0 atom stereocenters. The predicted octanol–water partition coefficient (Wildman–Crippen LogP) is 1.95. The van der Waals surface area contributed by atoms with Gasteiger partial charge >= 0.3 is 0 Å². The standard InChI is InChI=1S/C19H22N4O3S/c1-21-14-17(27(25,26)23-8-3-4-9-23)11-18(21)19(24)22(2)13-16-7-5-6-15(10-16)12-20/h5-7,10-11,14H,3-4,8-9,13H2,1-2H3. The second kappa shape index (κ2) is 7.55. The number of carbonyl (C=O) groups excluding carboxylic acids is 1. The van der Waals surface area contributed by atoms with E-state index < -0.39 is 10.0 Å². The fourth-order valence-corrected chi connectivity index (χ4v) is 4.83. The molecule has 1 amide bonds. The molecule has 2 heterocycles. The second-order valence-electron chi connectivity index (χ2n) is 6.76. The summed E-state index contributed by atoms with van der Waals surface area (Å²) < 4.78 is 28.4. The third-order valence-corrected chi connectivity index (χ3v) is 6.59. The van der Waals surface area contributed by atoms with E-state index >= 15 is 0 Å². The van der Waals surface area contributed by atoms with Crippen LogP contribution in [-0.2, 0) is 23.6 Å². The molecule has 142 valence electrons. The summed E-state index contributed by atoms with van der Waals surface area (Å²) in [6, 6.07) is 10.6. The minimum atomic E-state index is -3.56. The number of amides is 1. The van der Waals surface area contributed by atoms with Crippen LogP contribution in [0, 0.1) is 11.3 Å². The smallest absolute Gasteiger partial charge is 0.270 e. The van der Waals surface area contributed by atoms with Crippen molar-refractivity contribution in [3.8, 4) is 6.07 Å². The molecule has 0 bridgehead atoms. The Morgan fingerprint density at radius 3 is 2.63 bits per heavy atom. The van der Waals surface area contributed by atoms with Crippen LogP contribution < -0.4 is 0 Å². The maximum Gasteiger partial charge on any atom is 0.270 e. The van der Waals surface area contributed by atoms with Crippen LogP contribution in [0.1, 0.15) is 34.5 Å². The van der Waals surface area contributed by atoms with Crippen LogP contribution >= 0.6 is 0 Å². The average molecular weight is 386 g/mol. The molecule has 1 aromatic heterocycles. The Hall–Kier alpha value is -2.63. The zero-order valence-corrected chi connectivity index (χ0v) is 16.2. The topological polar surface area (TPSA) is 86.4 Å². The molecule has 1 fully saturated rings. The van der Waals surface area contributed by atoms with E-state index in [0.29, 0.717) is 30.9 Å². The maximum absolute atomic E-state index is 12.8. The van der Waals surface area contributed by atoms with Crippen molar-refractivity contribution in [3.05, 3.63) is 53.3 Å². The van der Waals surface area contributed by atoms with Gasteiger partial charge < -0.3 is 9.47 Å². The normalized spacial score (nSPS) is 14.9. The Labute approximate surface area is 159 Å². The van der Waals surface area contributed by atoms with Crippen molar-refractivity contribution < 1.29 is 13.2 Å². The number of nitrogens with zero attached hydrogens (tertiary/aromatic N) is 4. The molecular formula is C19H22N4O3S. The molecule has 3 rings (SSSR count). The van der Waals surface area contributed by atoms with Crippen molar-refractivity contribution in [1.29, 1.82) is 5.26 Å². The number of benzene rings is 1. The lowest BCUT2D eigenvalue weighted by atomic mass is 10.1. The van der Waals surface area contributed by atoms with Gasteiger partial charge in [-0.25, -0.2) is 8.42 Å². The molecule has 0 saturated carbocycles. The summed E-state index contributed by atoms with van der Waals surface area (Å²) in [5.74, 6) is -0.275. The van der Waals surface area contributed by atoms with E-state index in [-0.39, 0.29) is 10.8 Å². The summed E-state index contributed by atoms with van der Waals surface area (Å²) in [6.07, 6.45) is 3.22. The van der Waals surface area contributed by atoms with Crippen molar-refractivity contribution in [2.24, 2.45) is 7.05 Å². The maximum atomic E-state index is 12.8. The minimum Gasteiger partial charge on any atom is -0.345 e. The third-order valence-electron chi connectivity index (χ3n) is 4.72. The molecule has 0 radical (unpaired) electrons. The molecule has 7 nitrogen and oxygen atoms in total. The van der Waals surface area contributed by atoms with Gasteiger partial charge in [0.15, 0.2) is 0 Å². The molecule has 1 saturated heterocycles. The van der Waals surface area contributed by atoms with Gasteiger partial charge in [0.2, 0.25) is 10.0 Å². The van der Waals surface area contributed by atoms with Crippen LogP contribution in [0.4, 0.5) is 0 Å². The molecule has 27 heavy (non-hydrogen) atoms. The quantitative estimate of drug-likeness (QED) is 0.786. The third kappa shape index (κ3) is 3.89.